The third-order valence-corrected chi connectivity index (χ3v) is 2.14. The van der Waals surface area contributed by atoms with Crippen LogP contribution in [0.1, 0.15) is 5.56 Å². The van der Waals surface area contributed by atoms with Gasteiger partial charge in [-0.1, -0.05) is 24.4 Å². The van der Waals surface area contributed by atoms with Crippen molar-refractivity contribution in [1.29, 1.82) is 5.26 Å². The highest BCUT2D eigenvalue weighted by Crippen LogP contribution is 2.14. The second-order valence-corrected chi connectivity index (χ2v) is 3.59. The SMILES string of the molecule is COCOc1ccc(/C=C(\C#N)C(N)=S)cc1. The van der Waals surface area contributed by atoms with Crippen LogP contribution in [-0.2, 0) is 4.74 Å². The summed E-state index contributed by atoms with van der Waals surface area (Å²) in [7, 11) is 1.55. The van der Waals surface area contributed by atoms with Gasteiger partial charge in [0.2, 0.25) is 0 Å². The third kappa shape index (κ3) is 4.23. The summed E-state index contributed by atoms with van der Waals surface area (Å²) in [6.07, 6.45) is 1.63. The van der Waals surface area contributed by atoms with E-state index in [1.165, 1.54) is 0 Å². The Balaban J connectivity index is 2.81. The van der Waals surface area contributed by atoms with Gasteiger partial charge in [0.25, 0.3) is 0 Å². The molecule has 0 saturated heterocycles. The lowest BCUT2D eigenvalue weighted by atomic mass is 10.1. The van der Waals surface area contributed by atoms with Crippen LogP contribution in [0.3, 0.4) is 0 Å². The average Bonchev–Trinajstić information content (AvgIpc) is 2.34. The van der Waals surface area contributed by atoms with Crippen LogP contribution < -0.4 is 10.5 Å². The summed E-state index contributed by atoms with van der Waals surface area (Å²) < 4.78 is 10.0. The predicted molar refractivity (Wildman–Crippen MR) is 69.3 cm³/mol. The number of nitriles is 1. The van der Waals surface area contributed by atoms with Crippen molar-refractivity contribution < 1.29 is 9.47 Å². The Morgan fingerprint density at radius 1 is 1.47 bits per heavy atom. The van der Waals surface area contributed by atoms with Crippen molar-refractivity contribution in [1.82, 2.24) is 0 Å². The molecular formula is C12H12N2O2S. The Morgan fingerprint density at radius 3 is 2.59 bits per heavy atom. The standard InChI is InChI=1S/C12H12N2O2S/c1-15-8-16-11-4-2-9(3-5-11)6-10(7-13)12(14)17/h2-6H,8H2,1H3,(H2,14,17)/b10-6+. The van der Waals surface area contributed by atoms with E-state index in [0.29, 0.717) is 5.75 Å². The largest absolute Gasteiger partial charge is 0.468 e. The van der Waals surface area contributed by atoms with Crippen LogP contribution in [-0.4, -0.2) is 18.9 Å². The number of nitrogens with two attached hydrogens (primary N) is 1. The van der Waals surface area contributed by atoms with Crippen LogP contribution >= 0.6 is 12.2 Å². The van der Waals surface area contributed by atoms with Gasteiger partial charge in [0.15, 0.2) is 6.79 Å². The fraction of sp³-hybridized carbons (Fsp3) is 0.167. The van der Waals surface area contributed by atoms with Crippen molar-refractivity contribution in [3.63, 3.8) is 0 Å². The van der Waals surface area contributed by atoms with Gasteiger partial charge >= 0.3 is 0 Å². The number of hydrogen-bond acceptors (Lipinski definition) is 4. The van der Waals surface area contributed by atoms with E-state index in [1.807, 2.05) is 6.07 Å². The topological polar surface area (TPSA) is 68.3 Å². The molecule has 1 aromatic carbocycles. The second kappa shape index (κ2) is 6.63. The van der Waals surface area contributed by atoms with E-state index in [2.05, 4.69) is 0 Å². The molecule has 1 rings (SSSR count). The zero-order chi connectivity index (χ0) is 12.7. The van der Waals surface area contributed by atoms with Crippen LogP contribution in [0.25, 0.3) is 6.08 Å². The average molecular weight is 248 g/mol. The maximum Gasteiger partial charge on any atom is 0.188 e. The van der Waals surface area contributed by atoms with Crippen molar-refractivity contribution in [3.05, 3.63) is 35.4 Å². The molecule has 0 unspecified atom stereocenters. The molecule has 0 amide bonds. The first kappa shape index (κ1) is 13.2. The first-order valence-corrected chi connectivity index (χ1v) is 5.21. The third-order valence-electron chi connectivity index (χ3n) is 1.92. The van der Waals surface area contributed by atoms with E-state index in [4.69, 9.17) is 32.7 Å². The van der Waals surface area contributed by atoms with E-state index < -0.39 is 0 Å². The zero-order valence-electron chi connectivity index (χ0n) is 9.34. The Bertz CT molecular complexity index is 460. The Morgan fingerprint density at radius 2 is 2.12 bits per heavy atom. The summed E-state index contributed by atoms with van der Waals surface area (Å²) >= 11 is 4.74. The molecule has 0 aliphatic carbocycles. The Kier molecular flexibility index (Phi) is 5.14. The van der Waals surface area contributed by atoms with Crippen molar-refractivity contribution in [2.75, 3.05) is 13.9 Å². The summed E-state index contributed by atoms with van der Waals surface area (Å²) in [4.78, 5) is 0.0900. The van der Waals surface area contributed by atoms with E-state index >= 15 is 0 Å². The Hall–Kier alpha value is -1.90. The number of methoxy groups -OCH3 is 1. The number of rotatable bonds is 5. The molecule has 0 radical (unpaired) electrons. The summed E-state index contributed by atoms with van der Waals surface area (Å²) in [6.45, 7) is 0.200. The van der Waals surface area contributed by atoms with Gasteiger partial charge in [0.05, 0.1) is 5.57 Å². The summed E-state index contributed by atoms with van der Waals surface area (Å²) in [5, 5.41) is 8.80. The van der Waals surface area contributed by atoms with Crippen LogP contribution in [0.4, 0.5) is 0 Å². The molecule has 2 N–H and O–H groups in total. The number of nitrogens with zero attached hydrogens (tertiary/aromatic N) is 1. The lowest BCUT2D eigenvalue weighted by molar-refractivity contribution is 0.0511. The molecule has 0 heterocycles. The maximum absolute atomic E-state index is 8.80. The van der Waals surface area contributed by atoms with Gasteiger partial charge in [-0.25, -0.2) is 0 Å². The molecule has 4 nitrogen and oxygen atoms in total. The molecule has 1 aromatic rings. The monoisotopic (exact) mass is 248 g/mol. The highest BCUT2D eigenvalue weighted by molar-refractivity contribution is 7.80. The minimum atomic E-state index is 0.0900. The molecule has 0 aromatic heterocycles. The second-order valence-electron chi connectivity index (χ2n) is 3.15. The van der Waals surface area contributed by atoms with Gasteiger partial charge < -0.3 is 15.2 Å². The number of ether oxygens (including phenoxy) is 2. The number of hydrogen-bond donors (Lipinski definition) is 1. The lowest BCUT2D eigenvalue weighted by Crippen LogP contribution is -2.09. The molecule has 0 aliphatic heterocycles. The molecule has 0 fully saturated rings. The maximum atomic E-state index is 8.80. The van der Waals surface area contributed by atoms with Crippen molar-refractivity contribution >= 4 is 23.3 Å². The van der Waals surface area contributed by atoms with Gasteiger partial charge in [-0.05, 0) is 23.8 Å². The first-order chi connectivity index (χ1) is 8.17. The van der Waals surface area contributed by atoms with E-state index in [9.17, 15) is 0 Å². The van der Waals surface area contributed by atoms with Gasteiger partial charge in [-0.15, -0.1) is 0 Å². The molecule has 0 spiro atoms. The van der Waals surface area contributed by atoms with E-state index in [1.54, 1.807) is 37.5 Å². The van der Waals surface area contributed by atoms with E-state index in [0.717, 1.165) is 5.56 Å². The van der Waals surface area contributed by atoms with Crippen LogP contribution in [0.5, 0.6) is 5.75 Å². The van der Waals surface area contributed by atoms with Gasteiger partial charge in [0, 0.05) is 7.11 Å². The highest BCUT2D eigenvalue weighted by atomic mass is 32.1. The van der Waals surface area contributed by atoms with Gasteiger partial charge in [-0.2, -0.15) is 5.26 Å². The van der Waals surface area contributed by atoms with Crippen LogP contribution in [0.15, 0.2) is 29.8 Å². The minimum absolute atomic E-state index is 0.0900. The smallest absolute Gasteiger partial charge is 0.188 e. The molecule has 0 saturated carbocycles. The van der Waals surface area contributed by atoms with Gasteiger partial charge in [-0.3, -0.25) is 0 Å². The van der Waals surface area contributed by atoms with Crippen molar-refractivity contribution in [3.8, 4) is 11.8 Å². The van der Waals surface area contributed by atoms with Crippen LogP contribution in [0, 0.1) is 11.3 Å². The Labute approximate surface area is 105 Å². The summed E-state index contributed by atoms with van der Waals surface area (Å²) in [5.74, 6) is 0.692. The molecular weight excluding hydrogens is 236 g/mol. The molecule has 0 atom stereocenters. The molecule has 0 aliphatic rings. The molecule has 17 heavy (non-hydrogen) atoms. The fourth-order valence-electron chi connectivity index (χ4n) is 1.11. The molecule has 5 heteroatoms. The lowest BCUT2D eigenvalue weighted by Gasteiger charge is -2.04. The number of benzene rings is 1. The van der Waals surface area contributed by atoms with Gasteiger partial charge in [0.1, 0.15) is 16.8 Å². The van der Waals surface area contributed by atoms with Crippen molar-refractivity contribution in [2.24, 2.45) is 5.73 Å². The normalized spacial score (nSPS) is 10.7. The first-order valence-electron chi connectivity index (χ1n) is 4.80. The molecule has 0 bridgehead atoms. The van der Waals surface area contributed by atoms with E-state index in [-0.39, 0.29) is 17.4 Å². The summed E-state index contributed by atoms with van der Waals surface area (Å²) in [5.41, 5.74) is 6.51. The predicted octanol–water partition coefficient (Wildman–Crippen LogP) is 1.86. The fourth-order valence-corrected chi connectivity index (χ4v) is 1.22. The quantitative estimate of drug-likeness (QED) is 0.373. The number of thiocarbonyl (C=S) groups is 1. The highest BCUT2D eigenvalue weighted by Gasteiger charge is 1.99. The van der Waals surface area contributed by atoms with Crippen LogP contribution in [0.2, 0.25) is 0 Å². The van der Waals surface area contributed by atoms with Crippen molar-refractivity contribution in [2.45, 2.75) is 0 Å². The molecule has 88 valence electrons. The zero-order valence-corrected chi connectivity index (χ0v) is 10.2. The summed E-state index contributed by atoms with van der Waals surface area (Å²) in [6, 6.07) is 9.11. The minimum Gasteiger partial charge on any atom is -0.468 e.